The van der Waals surface area contributed by atoms with Crippen LogP contribution in [-0.2, 0) is 9.47 Å². The minimum atomic E-state index is -0.399. The van der Waals surface area contributed by atoms with Crippen LogP contribution in [0.1, 0.15) is 33.6 Å². The molecule has 4 atom stereocenters. The zero-order valence-electron chi connectivity index (χ0n) is 10.8. The Labute approximate surface area is 102 Å². The first-order valence-electron chi connectivity index (χ1n) is 6.57. The molecular weight excluding hydrogens is 218 g/mol. The first kappa shape index (κ1) is 11.3. The largest absolute Gasteiger partial charge is 0.444 e. The van der Waals surface area contributed by atoms with E-state index >= 15 is 0 Å². The lowest BCUT2D eigenvalue weighted by molar-refractivity contribution is 0.0206. The summed E-state index contributed by atoms with van der Waals surface area (Å²) in [4.78, 5) is 13.9. The Balaban J connectivity index is 1.63. The number of carbonyl (C=O) groups is 1. The number of rotatable bonds is 0. The fourth-order valence-corrected chi connectivity index (χ4v) is 3.44. The molecular formula is C13H21NO3. The van der Waals surface area contributed by atoms with E-state index in [1.54, 1.807) is 0 Å². The molecule has 0 saturated carbocycles. The van der Waals surface area contributed by atoms with E-state index in [0.29, 0.717) is 24.0 Å². The minimum absolute atomic E-state index is 0.161. The van der Waals surface area contributed by atoms with Crippen molar-refractivity contribution in [1.29, 1.82) is 0 Å². The van der Waals surface area contributed by atoms with E-state index in [1.165, 1.54) is 12.8 Å². The molecule has 0 unspecified atom stereocenters. The van der Waals surface area contributed by atoms with Crippen molar-refractivity contribution >= 4 is 6.09 Å². The van der Waals surface area contributed by atoms with E-state index in [-0.39, 0.29) is 6.09 Å². The summed E-state index contributed by atoms with van der Waals surface area (Å²) in [6, 6.07) is 0. The Morgan fingerprint density at radius 1 is 1.18 bits per heavy atom. The highest BCUT2D eigenvalue weighted by molar-refractivity contribution is 5.68. The van der Waals surface area contributed by atoms with Gasteiger partial charge in [0.25, 0.3) is 0 Å². The fraction of sp³-hybridized carbons (Fsp3) is 0.923. The Morgan fingerprint density at radius 2 is 1.71 bits per heavy atom. The van der Waals surface area contributed by atoms with E-state index in [2.05, 4.69) is 0 Å². The summed E-state index contributed by atoms with van der Waals surface area (Å²) in [5, 5.41) is 0. The Morgan fingerprint density at radius 3 is 2.18 bits per heavy atom. The lowest BCUT2D eigenvalue weighted by Crippen LogP contribution is -2.36. The number of nitrogens with zero attached hydrogens (tertiary/aromatic N) is 1. The van der Waals surface area contributed by atoms with Gasteiger partial charge >= 0.3 is 6.09 Å². The zero-order valence-corrected chi connectivity index (χ0v) is 10.8. The zero-order chi connectivity index (χ0) is 12.2. The summed E-state index contributed by atoms with van der Waals surface area (Å²) in [5.74, 6) is 1.11. The average molecular weight is 239 g/mol. The maximum atomic E-state index is 12.0. The molecule has 96 valence electrons. The van der Waals surface area contributed by atoms with Crippen molar-refractivity contribution in [3.63, 3.8) is 0 Å². The number of carbonyl (C=O) groups excluding carboxylic acids is 1. The highest BCUT2D eigenvalue weighted by Crippen LogP contribution is 2.47. The van der Waals surface area contributed by atoms with Crippen LogP contribution < -0.4 is 0 Å². The van der Waals surface area contributed by atoms with Gasteiger partial charge in [-0.15, -0.1) is 0 Å². The molecule has 2 bridgehead atoms. The fourth-order valence-electron chi connectivity index (χ4n) is 3.44. The summed E-state index contributed by atoms with van der Waals surface area (Å²) in [6.45, 7) is 7.37. The lowest BCUT2D eigenvalue weighted by atomic mass is 9.82. The Kier molecular flexibility index (Phi) is 2.41. The van der Waals surface area contributed by atoms with Crippen molar-refractivity contribution in [1.82, 2.24) is 4.90 Å². The van der Waals surface area contributed by atoms with E-state index < -0.39 is 5.60 Å². The van der Waals surface area contributed by atoms with Crippen LogP contribution in [0.15, 0.2) is 0 Å². The molecule has 3 heterocycles. The maximum Gasteiger partial charge on any atom is 0.410 e. The van der Waals surface area contributed by atoms with E-state index in [4.69, 9.17) is 9.47 Å². The van der Waals surface area contributed by atoms with Gasteiger partial charge in [0.05, 0.1) is 12.2 Å². The van der Waals surface area contributed by atoms with Gasteiger partial charge in [-0.05, 0) is 33.6 Å². The molecule has 3 saturated heterocycles. The van der Waals surface area contributed by atoms with Crippen LogP contribution in [0.25, 0.3) is 0 Å². The van der Waals surface area contributed by atoms with Crippen LogP contribution in [0.5, 0.6) is 0 Å². The van der Waals surface area contributed by atoms with Gasteiger partial charge in [-0.1, -0.05) is 0 Å². The molecule has 3 rings (SSSR count). The maximum absolute atomic E-state index is 12.0. The molecule has 1 amide bonds. The third-order valence-electron chi connectivity index (χ3n) is 4.10. The second-order valence-electron chi connectivity index (χ2n) is 6.50. The second-order valence-corrected chi connectivity index (χ2v) is 6.50. The number of amides is 1. The minimum Gasteiger partial charge on any atom is -0.444 e. The molecule has 0 spiro atoms. The van der Waals surface area contributed by atoms with E-state index in [1.807, 2.05) is 25.7 Å². The standard InChI is InChI=1S/C13H21NO3/c1-13(2,3)17-12(15)14-6-8-9(7-14)11-5-4-10(8)16-11/h8-11H,4-7H2,1-3H3/t8-,9+,10-,11-/m1/s1. The first-order valence-corrected chi connectivity index (χ1v) is 6.57. The number of likely N-dealkylation sites (tertiary alicyclic amines) is 1. The highest BCUT2D eigenvalue weighted by atomic mass is 16.6. The number of hydrogen-bond acceptors (Lipinski definition) is 3. The molecule has 17 heavy (non-hydrogen) atoms. The summed E-state index contributed by atoms with van der Waals surface area (Å²) < 4.78 is 11.3. The van der Waals surface area contributed by atoms with Crippen molar-refractivity contribution in [2.24, 2.45) is 11.8 Å². The quantitative estimate of drug-likeness (QED) is 0.649. The van der Waals surface area contributed by atoms with Crippen molar-refractivity contribution in [2.45, 2.75) is 51.4 Å². The van der Waals surface area contributed by atoms with Crippen molar-refractivity contribution in [2.75, 3.05) is 13.1 Å². The van der Waals surface area contributed by atoms with Crippen molar-refractivity contribution in [3.8, 4) is 0 Å². The Bertz CT molecular complexity index is 318. The molecule has 0 aliphatic carbocycles. The van der Waals surface area contributed by atoms with Crippen LogP contribution in [0.4, 0.5) is 4.79 Å². The predicted octanol–water partition coefficient (Wildman–Crippen LogP) is 2.03. The van der Waals surface area contributed by atoms with Gasteiger partial charge < -0.3 is 14.4 Å². The molecule has 3 aliphatic heterocycles. The third-order valence-corrected chi connectivity index (χ3v) is 4.10. The second kappa shape index (κ2) is 3.61. The van der Waals surface area contributed by atoms with Crippen LogP contribution in [0, 0.1) is 11.8 Å². The molecule has 0 aromatic carbocycles. The molecule has 3 aliphatic rings. The summed E-state index contributed by atoms with van der Waals surface area (Å²) in [5.41, 5.74) is -0.399. The highest BCUT2D eigenvalue weighted by Gasteiger charge is 2.54. The van der Waals surface area contributed by atoms with E-state index in [0.717, 1.165) is 13.1 Å². The average Bonchev–Trinajstić information content (AvgIpc) is 2.87. The van der Waals surface area contributed by atoms with Crippen LogP contribution >= 0.6 is 0 Å². The van der Waals surface area contributed by atoms with Gasteiger partial charge in [-0.25, -0.2) is 4.79 Å². The normalized spacial score (nSPS) is 39.6. The SMILES string of the molecule is CC(C)(C)OC(=O)N1C[C@@H]2[C@H](C1)[C@H]1CC[C@H]2O1. The molecule has 4 heteroatoms. The summed E-state index contributed by atoms with van der Waals surface area (Å²) >= 11 is 0. The lowest BCUT2D eigenvalue weighted by Gasteiger charge is -2.25. The van der Waals surface area contributed by atoms with Crippen LogP contribution in [0.3, 0.4) is 0 Å². The Hall–Kier alpha value is -0.770. The first-order chi connectivity index (χ1) is 7.94. The molecule has 0 N–H and O–H groups in total. The third kappa shape index (κ3) is 1.92. The topological polar surface area (TPSA) is 38.8 Å². The monoisotopic (exact) mass is 239 g/mol. The van der Waals surface area contributed by atoms with Crippen LogP contribution in [0.2, 0.25) is 0 Å². The van der Waals surface area contributed by atoms with Crippen LogP contribution in [-0.4, -0.2) is 41.9 Å². The smallest absolute Gasteiger partial charge is 0.410 e. The van der Waals surface area contributed by atoms with Gasteiger partial charge in [-0.3, -0.25) is 0 Å². The molecule has 0 aromatic heterocycles. The number of fused-ring (bicyclic) bond motifs is 5. The molecule has 4 nitrogen and oxygen atoms in total. The summed E-state index contributed by atoms with van der Waals surface area (Å²) in [7, 11) is 0. The van der Waals surface area contributed by atoms with Gasteiger partial charge in [0.2, 0.25) is 0 Å². The number of hydrogen-bond donors (Lipinski definition) is 0. The van der Waals surface area contributed by atoms with Gasteiger partial charge in [0.15, 0.2) is 0 Å². The van der Waals surface area contributed by atoms with Crippen molar-refractivity contribution in [3.05, 3.63) is 0 Å². The molecule has 3 fully saturated rings. The van der Waals surface area contributed by atoms with E-state index in [9.17, 15) is 4.79 Å². The summed E-state index contributed by atoms with van der Waals surface area (Å²) in [6.07, 6.45) is 2.99. The van der Waals surface area contributed by atoms with Gasteiger partial charge in [0.1, 0.15) is 5.60 Å². The predicted molar refractivity (Wildman–Crippen MR) is 62.7 cm³/mol. The van der Waals surface area contributed by atoms with Gasteiger partial charge in [-0.2, -0.15) is 0 Å². The van der Waals surface area contributed by atoms with Gasteiger partial charge in [0, 0.05) is 24.9 Å². The number of ether oxygens (including phenoxy) is 2. The van der Waals surface area contributed by atoms with Crippen molar-refractivity contribution < 1.29 is 14.3 Å². The molecule has 0 radical (unpaired) electrons. The molecule has 0 aromatic rings.